The molecule has 0 unspecified atom stereocenters. The molecule has 0 saturated heterocycles. The van der Waals surface area contributed by atoms with E-state index in [2.05, 4.69) is 20.6 Å². The van der Waals surface area contributed by atoms with Gasteiger partial charge in [-0.05, 0) is 35.0 Å². The quantitative estimate of drug-likeness (QED) is 0.763. The molecule has 1 N–H and O–H groups in total. The Labute approximate surface area is 142 Å². The number of hydrogen-bond acceptors (Lipinski definition) is 5. The van der Waals surface area contributed by atoms with E-state index in [1.165, 1.54) is 12.1 Å². The number of aromatic nitrogens is 4. The van der Waals surface area contributed by atoms with Crippen LogP contribution >= 0.6 is 23.2 Å². The molecule has 0 fully saturated rings. The highest BCUT2D eigenvalue weighted by atomic mass is 35.5. The Morgan fingerprint density at radius 2 is 1.91 bits per heavy atom. The summed E-state index contributed by atoms with van der Waals surface area (Å²) >= 11 is 11.9. The van der Waals surface area contributed by atoms with E-state index in [-0.39, 0.29) is 15.7 Å². The monoisotopic (exact) mass is 368 g/mol. The lowest BCUT2D eigenvalue weighted by molar-refractivity contribution is 0.595. The molecule has 23 heavy (non-hydrogen) atoms. The van der Waals surface area contributed by atoms with Crippen LogP contribution in [0.15, 0.2) is 47.4 Å². The Balaban J connectivity index is 1.95. The first-order valence-corrected chi connectivity index (χ1v) is 8.87. The minimum absolute atomic E-state index is 0.0108. The zero-order valence-electron chi connectivity index (χ0n) is 11.6. The van der Waals surface area contributed by atoms with E-state index in [1.807, 2.05) is 0 Å². The highest BCUT2D eigenvalue weighted by Gasteiger charge is 2.20. The Bertz CT molecular complexity index is 943. The van der Waals surface area contributed by atoms with Crippen LogP contribution in [0.25, 0.3) is 11.4 Å². The number of halogens is 2. The van der Waals surface area contributed by atoms with Crippen LogP contribution in [0.1, 0.15) is 5.56 Å². The van der Waals surface area contributed by atoms with Crippen molar-refractivity contribution in [2.75, 3.05) is 0 Å². The molecule has 1 aromatic heterocycles. The predicted octanol–water partition coefficient (Wildman–Crippen LogP) is 3.15. The van der Waals surface area contributed by atoms with Crippen molar-refractivity contribution >= 4 is 33.0 Å². The highest BCUT2D eigenvalue weighted by molar-refractivity contribution is 7.90. The molecule has 0 aliphatic heterocycles. The van der Waals surface area contributed by atoms with E-state index in [1.54, 1.807) is 30.3 Å². The topological polar surface area (TPSA) is 88.6 Å². The fourth-order valence-corrected chi connectivity index (χ4v) is 4.25. The van der Waals surface area contributed by atoms with E-state index >= 15 is 0 Å². The molecule has 2 aromatic carbocycles. The van der Waals surface area contributed by atoms with E-state index in [0.29, 0.717) is 22.0 Å². The molecule has 0 bridgehead atoms. The number of benzene rings is 2. The molecule has 0 atom stereocenters. The predicted molar refractivity (Wildman–Crippen MR) is 87.0 cm³/mol. The summed E-state index contributed by atoms with van der Waals surface area (Å²) in [5.74, 6) is 0.184. The van der Waals surface area contributed by atoms with E-state index in [9.17, 15) is 8.42 Å². The number of hydrogen-bond donors (Lipinski definition) is 1. The lowest BCUT2D eigenvalue weighted by Gasteiger charge is -2.08. The van der Waals surface area contributed by atoms with Crippen LogP contribution in [0, 0.1) is 0 Å². The van der Waals surface area contributed by atoms with Crippen LogP contribution < -0.4 is 0 Å². The van der Waals surface area contributed by atoms with E-state index < -0.39 is 9.84 Å². The number of nitrogens with zero attached hydrogens (tertiary/aromatic N) is 3. The zero-order valence-corrected chi connectivity index (χ0v) is 13.9. The first kappa shape index (κ1) is 15.9. The molecule has 3 rings (SSSR count). The average Bonchev–Trinajstić information content (AvgIpc) is 3.04. The van der Waals surface area contributed by atoms with Crippen molar-refractivity contribution < 1.29 is 8.42 Å². The van der Waals surface area contributed by atoms with Gasteiger partial charge in [-0.2, -0.15) is 5.21 Å². The smallest absolute Gasteiger partial charge is 0.204 e. The minimum Gasteiger partial charge on any atom is -0.223 e. The van der Waals surface area contributed by atoms with Crippen molar-refractivity contribution in [3.05, 3.63) is 58.1 Å². The number of nitrogens with one attached hydrogen (secondary N) is 1. The second-order valence-electron chi connectivity index (χ2n) is 4.77. The third-order valence-electron chi connectivity index (χ3n) is 3.12. The molecule has 0 saturated carbocycles. The SMILES string of the molecule is O=S(=O)(Cc1cccc(-c2nn[nH]n2)c1)c1cc(Cl)ccc1Cl. The second kappa shape index (κ2) is 6.27. The summed E-state index contributed by atoms with van der Waals surface area (Å²) in [5, 5.41) is 14.0. The molecule has 118 valence electrons. The molecule has 0 spiro atoms. The maximum absolute atomic E-state index is 12.6. The van der Waals surface area contributed by atoms with Crippen molar-refractivity contribution in [3.8, 4) is 11.4 Å². The summed E-state index contributed by atoms with van der Waals surface area (Å²) in [6, 6.07) is 11.3. The maximum atomic E-state index is 12.6. The summed E-state index contributed by atoms with van der Waals surface area (Å²) in [7, 11) is -3.63. The Hall–Kier alpha value is -1.96. The van der Waals surface area contributed by atoms with E-state index in [4.69, 9.17) is 23.2 Å². The second-order valence-corrected chi connectivity index (χ2v) is 7.57. The fourth-order valence-electron chi connectivity index (χ4n) is 2.10. The summed E-state index contributed by atoms with van der Waals surface area (Å²) in [6.45, 7) is 0. The third kappa shape index (κ3) is 3.52. The molecule has 1 heterocycles. The largest absolute Gasteiger partial charge is 0.223 e. The molecule has 0 radical (unpaired) electrons. The molecular weight excluding hydrogens is 359 g/mol. The van der Waals surface area contributed by atoms with Crippen molar-refractivity contribution in [2.24, 2.45) is 0 Å². The van der Waals surface area contributed by atoms with Gasteiger partial charge in [0.25, 0.3) is 0 Å². The average molecular weight is 369 g/mol. The highest BCUT2D eigenvalue weighted by Crippen LogP contribution is 2.28. The van der Waals surface area contributed by atoms with Gasteiger partial charge in [-0.25, -0.2) is 8.42 Å². The summed E-state index contributed by atoms with van der Waals surface area (Å²) in [5.41, 5.74) is 1.26. The first-order chi connectivity index (χ1) is 11.0. The summed E-state index contributed by atoms with van der Waals surface area (Å²) in [6.07, 6.45) is 0. The van der Waals surface area contributed by atoms with Gasteiger partial charge < -0.3 is 0 Å². The molecular formula is C14H10Cl2N4O2S. The molecule has 9 heteroatoms. The standard InChI is InChI=1S/C14H10Cl2N4O2S/c15-11-4-5-12(16)13(7-11)23(21,22)8-9-2-1-3-10(6-9)14-17-19-20-18-14/h1-7H,8H2,(H,17,18,19,20). The van der Waals surface area contributed by atoms with Gasteiger partial charge in [-0.1, -0.05) is 41.4 Å². The molecule has 6 nitrogen and oxygen atoms in total. The zero-order chi connectivity index (χ0) is 16.4. The number of sulfone groups is 1. The van der Waals surface area contributed by atoms with E-state index in [0.717, 1.165) is 0 Å². The van der Waals surface area contributed by atoms with Crippen LogP contribution in [-0.2, 0) is 15.6 Å². The number of tetrazole rings is 1. The lowest BCUT2D eigenvalue weighted by atomic mass is 10.1. The van der Waals surface area contributed by atoms with Crippen LogP contribution in [0.2, 0.25) is 10.0 Å². The summed E-state index contributed by atoms with van der Waals surface area (Å²) in [4.78, 5) is 0.0108. The van der Waals surface area contributed by atoms with Gasteiger partial charge in [-0.15, -0.1) is 10.2 Å². The minimum atomic E-state index is -3.63. The summed E-state index contributed by atoms with van der Waals surface area (Å²) < 4.78 is 25.2. The van der Waals surface area contributed by atoms with Gasteiger partial charge >= 0.3 is 0 Å². The van der Waals surface area contributed by atoms with Gasteiger partial charge in [0.2, 0.25) is 5.82 Å². The van der Waals surface area contributed by atoms with Gasteiger partial charge in [0.1, 0.15) is 0 Å². The number of aromatic amines is 1. The van der Waals surface area contributed by atoms with Crippen molar-refractivity contribution in [3.63, 3.8) is 0 Å². The number of rotatable bonds is 4. The van der Waals surface area contributed by atoms with Gasteiger partial charge in [0.05, 0.1) is 15.7 Å². The normalized spacial score (nSPS) is 11.6. The Morgan fingerprint density at radius 3 is 2.65 bits per heavy atom. The Kier molecular flexibility index (Phi) is 4.34. The van der Waals surface area contributed by atoms with Crippen molar-refractivity contribution in [2.45, 2.75) is 10.6 Å². The maximum Gasteiger partial charge on any atom is 0.204 e. The Morgan fingerprint density at radius 1 is 1.09 bits per heavy atom. The van der Waals surface area contributed by atoms with Crippen LogP contribution in [0.3, 0.4) is 0 Å². The molecule has 0 aliphatic rings. The van der Waals surface area contributed by atoms with Gasteiger partial charge in [0.15, 0.2) is 9.84 Å². The first-order valence-electron chi connectivity index (χ1n) is 6.46. The third-order valence-corrected chi connectivity index (χ3v) is 5.51. The number of H-pyrrole nitrogens is 1. The molecule has 0 aliphatic carbocycles. The molecule has 0 amide bonds. The van der Waals surface area contributed by atoms with Crippen molar-refractivity contribution in [1.82, 2.24) is 20.6 Å². The van der Waals surface area contributed by atoms with Crippen LogP contribution in [0.4, 0.5) is 0 Å². The van der Waals surface area contributed by atoms with Crippen LogP contribution in [0.5, 0.6) is 0 Å². The van der Waals surface area contributed by atoms with Crippen molar-refractivity contribution in [1.29, 1.82) is 0 Å². The van der Waals surface area contributed by atoms with Gasteiger partial charge in [-0.3, -0.25) is 0 Å². The van der Waals surface area contributed by atoms with Crippen LogP contribution in [-0.4, -0.2) is 29.0 Å². The van der Waals surface area contributed by atoms with Gasteiger partial charge in [0, 0.05) is 10.6 Å². The molecule has 3 aromatic rings. The fraction of sp³-hybridized carbons (Fsp3) is 0.0714. The lowest BCUT2D eigenvalue weighted by Crippen LogP contribution is -2.06.